The average Bonchev–Trinajstić information content (AvgIpc) is 2.46. The number of methoxy groups -OCH3 is 1. The molecular weight excluding hydrogens is 260 g/mol. The third-order valence-corrected chi connectivity index (χ3v) is 4.25. The van der Waals surface area contributed by atoms with Crippen LogP contribution in [0.4, 0.5) is 0 Å². The Bertz CT molecular complexity index is 445. The Morgan fingerprint density at radius 3 is 2.90 bits per heavy atom. The molecule has 0 aliphatic carbocycles. The van der Waals surface area contributed by atoms with Crippen molar-refractivity contribution in [2.45, 2.75) is 46.2 Å². The second-order valence-corrected chi connectivity index (χ2v) is 6.62. The van der Waals surface area contributed by atoms with E-state index in [1.54, 1.807) is 7.11 Å². The maximum absolute atomic E-state index is 5.51. The van der Waals surface area contributed by atoms with Gasteiger partial charge in [0.05, 0.1) is 7.11 Å². The van der Waals surface area contributed by atoms with Gasteiger partial charge in [0.25, 0.3) is 0 Å². The van der Waals surface area contributed by atoms with Crippen molar-refractivity contribution in [2.24, 2.45) is 5.92 Å². The number of hydrogen-bond donors (Lipinski definition) is 1. The zero-order valence-corrected chi connectivity index (χ0v) is 14.0. The molecule has 1 aliphatic rings. The summed E-state index contributed by atoms with van der Waals surface area (Å²) in [5, 5.41) is 3.58. The van der Waals surface area contributed by atoms with Crippen LogP contribution < -0.4 is 10.1 Å². The molecule has 0 aromatic heterocycles. The van der Waals surface area contributed by atoms with Crippen LogP contribution in [0.25, 0.3) is 0 Å². The third kappa shape index (κ3) is 5.01. The Morgan fingerprint density at radius 2 is 2.19 bits per heavy atom. The van der Waals surface area contributed by atoms with Gasteiger partial charge in [-0.3, -0.25) is 4.90 Å². The lowest BCUT2D eigenvalue weighted by molar-refractivity contribution is 0.162. The van der Waals surface area contributed by atoms with Gasteiger partial charge in [-0.2, -0.15) is 0 Å². The minimum Gasteiger partial charge on any atom is -0.496 e. The highest BCUT2D eigenvalue weighted by Crippen LogP contribution is 2.24. The molecule has 3 heteroatoms. The molecule has 1 heterocycles. The number of piperidine rings is 1. The Morgan fingerprint density at radius 1 is 1.38 bits per heavy atom. The smallest absolute Gasteiger partial charge is 0.123 e. The summed E-state index contributed by atoms with van der Waals surface area (Å²) in [6.07, 6.45) is 2.65. The first kappa shape index (κ1) is 16.3. The molecule has 1 N–H and O–H groups in total. The normalized spacial score (nSPS) is 20.0. The summed E-state index contributed by atoms with van der Waals surface area (Å²) < 4.78 is 5.51. The fourth-order valence-corrected chi connectivity index (χ4v) is 3.14. The standard InChI is InChI=1S/C18H30N2O/c1-14(2)19-11-16-6-5-9-20(12-16)13-17-10-15(3)7-8-18(17)21-4/h7-8,10,14,16,19H,5-6,9,11-13H2,1-4H3. The molecule has 0 bridgehead atoms. The molecule has 0 saturated carbocycles. The van der Waals surface area contributed by atoms with Gasteiger partial charge in [0.1, 0.15) is 5.75 Å². The predicted octanol–water partition coefficient (Wildman–Crippen LogP) is 3.21. The van der Waals surface area contributed by atoms with Gasteiger partial charge in [-0.25, -0.2) is 0 Å². The van der Waals surface area contributed by atoms with E-state index in [1.807, 2.05) is 0 Å². The molecule has 0 amide bonds. The zero-order chi connectivity index (χ0) is 15.2. The van der Waals surface area contributed by atoms with E-state index in [9.17, 15) is 0 Å². The molecule has 0 spiro atoms. The molecule has 1 atom stereocenters. The van der Waals surface area contributed by atoms with Crippen molar-refractivity contribution in [3.05, 3.63) is 29.3 Å². The Hall–Kier alpha value is -1.06. The highest BCUT2D eigenvalue weighted by molar-refractivity contribution is 5.36. The number of rotatable bonds is 6. The Kier molecular flexibility index (Phi) is 6.07. The maximum atomic E-state index is 5.51. The molecule has 2 rings (SSSR count). The van der Waals surface area contributed by atoms with Crippen LogP contribution in [0.15, 0.2) is 18.2 Å². The quantitative estimate of drug-likeness (QED) is 0.870. The lowest BCUT2D eigenvalue weighted by Gasteiger charge is -2.33. The van der Waals surface area contributed by atoms with Gasteiger partial charge in [0, 0.05) is 24.7 Å². The summed E-state index contributed by atoms with van der Waals surface area (Å²) in [5.74, 6) is 1.79. The monoisotopic (exact) mass is 290 g/mol. The minimum atomic E-state index is 0.581. The molecule has 1 unspecified atom stereocenters. The third-order valence-electron chi connectivity index (χ3n) is 4.25. The highest BCUT2D eigenvalue weighted by Gasteiger charge is 2.20. The fourth-order valence-electron chi connectivity index (χ4n) is 3.14. The first-order valence-electron chi connectivity index (χ1n) is 8.17. The molecule has 1 aromatic carbocycles. The maximum Gasteiger partial charge on any atom is 0.123 e. The molecule has 1 fully saturated rings. The second-order valence-electron chi connectivity index (χ2n) is 6.62. The number of aryl methyl sites for hydroxylation is 1. The number of benzene rings is 1. The van der Waals surface area contributed by atoms with Crippen LogP contribution in [-0.4, -0.2) is 37.7 Å². The summed E-state index contributed by atoms with van der Waals surface area (Å²) in [6, 6.07) is 7.05. The van der Waals surface area contributed by atoms with Gasteiger partial charge in [-0.1, -0.05) is 31.5 Å². The lowest BCUT2D eigenvalue weighted by Crippen LogP contribution is -2.40. The van der Waals surface area contributed by atoms with Crippen molar-refractivity contribution < 1.29 is 4.74 Å². The summed E-state index contributed by atoms with van der Waals surface area (Å²) in [6.45, 7) is 11.1. The van der Waals surface area contributed by atoms with Crippen molar-refractivity contribution in [1.29, 1.82) is 0 Å². The Balaban J connectivity index is 1.94. The molecular formula is C18H30N2O. The van der Waals surface area contributed by atoms with E-state index in [1.165, 1.54) is 37.1 Å². The molecule has 118 valence electrons. The van der Waals surface area contributed by atoms with Gasteiger partial charge < -0.3 is 10.1 Å². The van der Waals surface area contributed by atoms with E-state index in [0.717, 1.165) is 24.8 Å². The first-order chi connectivity index (χ1) is 10.1. The van der Waals surface area contributed by atoms with Crippen LogP contribution in [0.3, 0.4) is 0 Å². The van der Waals surface area contributed by atoms with Crippen LogP contribution in [0.1, 0.15) is 37.8 Å². The van der Waals surface area contributed by atoms with Crippen LogP contribution in [0.2, 0.25) is 0 Å². The number of nitrogens with one attached hydrogen (secondary N) is 1. The topological polar surface area (TPSA) is 24.5 Å². The van der Waals surface area contributed by atoms with Gasteiger partial charge in [-0.15, -0.1) is 0 Å². The van der Waals surface area contributed by atoms with E-state index in [-0.39, 0.29) is 0 Å². The molecule has 1 aliphatic heterocycles. The second kappa shape index (κ2) is 7.81. The summed E-state index contributed by atoms with van der Waals surface area (Å²) in [5.41, 5.74) is 2.62. The Labute approximate surface area is 129 Å². The molecule has 0 radical (unpaired) electrons. The predicted molar refractivity (Wildman–Crippen MR) is 88.9 cm³/mol. The van der Waals surface area contributed by atoms with E-state index in [0.29, 0.717) is 6.04 Å². The molecule has 3 nitrogen and oxygen atoms in total. The van der Waals surface area contributed by atoms with Crippen LogP contribution in [-0.2, 0) is 6.54 Å². The summed E-state index contributed by atoms with van der Waals surface area (Å²) in [7, 11) is 1.76. The van der Waals surface area contributed by atoms with Crippen molar-refractivity contribution in [1.82, 2.24) is 10.2 Å². The van der Waals surface area contributed by atoms with Gasteiger partial charge in [0.2, 0.25) is 0 Å². The number of ether oxygens (including phenoxy) is 1. The highest BCUT2D eigenvalue weighted by atomic mass is 16.5. The van der Waals surface area contributed by atoms with Gasteiger partial charge in [-0.05, 0) is 44.8 Å². The van der Waals surface area contributed by atoms with Crippen LogP contribution in [0.5, 0.6) is 5.75 Å². The van der Waals surface area contributed by atoms with E-state index < -0.39 is 0 Å². The zero-order valence-electron chi connectivity index (χ0n) is 14.0. The molecule has 21 heavy (non-hydrogen) atoms. The fraction of sp³-hybridized carbons (Fsp3) is 0.667. The van der Waals surface area contributed by atoms with Crippen molar-refractivity contribution >= 4 is 0 Å². The number of nitrogens with zero attached hydrogens (tertiary/aromatic N) is 1. The van der Waals surface area contributed by atoms with E-state index in [2.05, 4.69) is 49.2 Å². The molecule has 1 aromatic rings. The van der Waals surface area contributed by atoms with Crippen molar-refractivity contribution in [3.8, 4) is 5.75 Å². The number of likely N-dealkylation sites (tertiary alicyclic amines) is 1. The minimum absolute atomic E-state index is 0.581. The van der Waals surface area contributed by atoms with Gasteiger partial charge >= 0.3 is 0 Å². The van der Waals surface area contributed by atoms with Crippen LogP contribution in [0, 0.1) is 12.8 Å². The lowest BCUT2D eigenvalue weighted by atomic mass is 9.97. The SMILES string of the molecule is COc1ccc(C)cc1CN1CCCC(CNC(C)C)C1. The number of hydrogen-bond acceptors (Lipinski definition) is 3. The molecule has 1 saturated heterocycles. The average molecular weight is 290 g/mol. The summed E-state index contributed by atoms with van der Waals surface area (Å²) >= 11 is 0. The summed E-state index contributed by atoms with van der Waals surface area (Å²) in [4.78, 5) is 2.58. The van der Waals surface area contributed by atoms with Crippen LogP contribution >= 0.6 is 0 Å². The largest absolute Gasteiger partial charge is 0.496 e. The first-order valence-corrected chi connectivity index (χ1v) is 8.17. The van der Waals surface area contributed by atoms with Gasteiger partial charge in [0.15, 0.2) is 0 Å². The van der Waals surface area contributed by atoms with E-state index >= 15 is 0 Å². The van der Waals surface area contributed by atoms with E-state index in [4.69, 9.17) is 4.74 Å². The van der Waals surface area contributed by atoms with Crippen molar-refractivity contribution in [3.63, 3.8) is 0 Å². The van der Waals surface area contributed by atoms with Crippen molar-refractivity contribution in [2.75, 3.05) is 26.7 Å².